The van der Waals surface area contributed by atoms with Gasteiger partial charge in [0.2, 0.25) is 0 Å². The second kappa shape index (κ2) is 16.4. The molecule has 0 aliphatic heterocycles. The monoisotopic (exact) mass is 428 g/mol. The van der Waals surface area contributed by atoms with Gasteiger partial charge in [-0.3, -0.25) is 0 Å². The van der Waals surface area contributed by atoms with E-state index in [1.165, 1.54) is 38.5 Å². The van der Waals surface area contributed by atoms with Crippen LogP contribution in [0.15, 0.2) is 0 Å². The standard InChI is InChI=1S/C8H17N.C6H16N2.C5H12N2.C5H11N/c1-7-3-5-8(9-2)6-4-7;1-6(2,8-4)5-7-3;1-7-5-2-4(5)3-6;1-4-3-5(4)6-2/h7-9H,3-6H2,1-2H3;7-8H,5H2,1-4H3;4-5,7H,2-3,6H2,1H3;4-6H,3H2,1-2H3/t;;;4?,5-/m...0/s1. The third kappa shape index (κ3) is 14.7. The number of nitrogens with one attached hydrogen (secondary N) is 5. The quantitative estimate of drug-likeness (QED) is 0.373. The zero-order chi connectivity index (χ0) is 23.2. The molecule has 0 bridgehead atoms. The van der Waals surface area contributed by atoms with E-state index in [4.69, 9.17) is 5.73 Å². The van der Waals surface area contributed by atoms with E-state index >= 15 is 0 Å². The Morgan fingerprint density at radius 3 is 1.53 bits per heavy atom. The van der Waals surface area contributed by atoms with E-state index in [1.807, 2.05) is 28.2 Å². The van der Waals surface area contributed by atoms with E-state index in [0.29, 0.717) is 0 Å². The van der Waals surface area contributed by atoms with Crippen molar-refractivity contribution in [1.29, 1.82) is 0 Å². The smallest absolute Gasteiger partial charge is 0.0246 e. The highest BCUT2D eigenvalue weighted by molar-refractivity contribution is 4.92. The molecule has 0 aromatic carbocycles. The van der Waals surface area contributed by atoms with Crippen LogP contribution in [0.25, 0.3) is 0 Å². The van der Waals surface area contributed by atoms with Crippen molar-refractivity contribution in [2.45, 2.75) is 89.9 Å². The summed E-state index contributed by atoms with van der Waals surface area (Å²) in [5.74, 6) is 2.72. The van der Waals surface area contributed by atoms with Gasteiger partial charge in [0.15, 0.2) is 0 Å². The molecule has 3 fully saturated rings. The lowest BCUT2D eigenvalue weighted by atomic mass is 9.87. The second-order valence-electron chi connectivity index (χ2n) is 10.1. The van der Waals surface area contributed by atoms with Crippen LogP contribution in [0.4, 0.5) is 0 Å². The Labute approximate surface area is 188 Å². The summed E-state index contributed by atoms with van der Waals surface area (Å²) in [6.07, 6.45) is 8.29. The lowest BCUT2D eigenvalue weighted by molar-refractivity contribution is 0.319. The highest BCUT2D eigenvalue weighted by Crippen LogP contribution is 2.28. The molecule has 0 saturated heterocycles. The Hall–Kier alpha value is -0.240. The summed E-state index contributed by atoms with van der Waals surface area (Å²) in [5, 5.41) is 15.9. The molecule has 0 aromatic rings. The average Bonchev–Trinajstić information content (AvgIpc) is 3.66. The maximum Gasteiger partial charge on any atom is 0.0246 e. The largest absolute Gasteiger partial charge is 0.330 e. The molecule has 6 nitrogen and oxygen atoms in total. The van der Waals surface area contributed by atoms with Crippen molar-refractivity contribution in [3.8, 4) is 0 Å². The molecule has 3 unspecified atom stereocenters. The maximum atomic E-state index is 5.36. The van der Waals surface area contributed by atoms with E-state index in [-0.39, 0.29) is 5.54 Å². The highest BCUT2D eigenvalue weighted by atomic mass is 15.0. The van der Waals surface area contributed by atoms with Crippen LogP contribution in [-0.4, -0.2) is 72.0 Å². The maximum absolute atomic E-state index is 5.36. The number of rotatable bonds is 7. The van der Waals surface area contributed by atoms with Crippen molar-refractivity contribution in [2.75, 3.05) is 48.3 Å². The highest BCUT2D eigenvalue weighted by Gasteiger charge is 2.33. The molecule has 7 N–H and O–H groups in total. The first-order valence-corrected chi connectivity index (χ1v) is 12.2. The first-order valence-electron chi connectivity index (χ1n) is 12.2. The van der Waals surface area contributed by atoms with Crippen molar-refractivity contribution in [2.24, 2.45) is 23.5 Å². The molecule has 3 rings (SSSR count). The fraction of sp³-hybridized carbons (Fsp3) is 1.00. The average molecular weight is 429 g/mol. The Kier molecular flexibility index (Phi) is 16.3. The Morgan fingerprint density at radius 1 is 0.800 bits per heavy atom. The first kappa shape index (κ1) is 29.8. The lowest BCUT2D eigenvalue weighted by Gasteiger charge is -2.25. The Balaban J connectivity index is 0.000000377. The van der Waals surface area contributed by atoms with Gasteiger partial charge in [-0.05, 0) is 112 Å². The third-order valence-corrected chi connectivity index (χ3v) is 6.80. The van der Waals surface area contributed by atoms with E-state index in [1.54, 1.807) is 0 Å². The first-order chi connectivity index (χ1) is 14.2. The minimum absolute atomic E-state index is 0.231. The summed E-state index contributed by atoms with van der Waals surface area (Å²) in [4.78, 5) is 0. The molecule has 182 valence electrons. The summed E-state index contributed by atoms with van der Waals surface area (Å²) in [6.45, 7) is 10.8. The van der Waals surface area contributed by atoms with Gasteiger partial charge in [0, 0.05) is 30.2 Å². The van der Waals surface area contributed by atoms with Crippen molar-refractivity contribution in [3.05, 3.63) is 0 Å². The molecule has 4 atom stereocenters. The third-order valence-electron chi connectivity index (χ3n) is 6.80. The minimum atomic E-state index is 0.231. The summed E-state index contributed by atoms with van der Waals surface area (Å²) in [5.41, 5.74) is 5.59. The fourth-order valence-electron chi connectivity index (χ4n) is 3.67. The summed E-state index contributed by atoms with van der Waals surface area (Å²) in [7, 11) is 10.0. The van der Waals surface area contributed by atoms with Crippen LogP contribution in [0.1, 0.15) is 66.2 Å². The predicted octanol–water partition coefficient (Wildman–Crippen LogP) is 2.16. The SMILES string of the molecule is CNC1CC1CN.CNC1CCC(C)CC1.CNCC(C)(C)NC.CN[C@H]1CC1C. The number of hydrogen-bond acceptors (Lipinski definition) is 6. The van der Waals surface area contributed by atoms with Crippen LogP contribution in [0.3, 0.4) is 0 Å². The van der Waals surface area contributed by atoms with E-state index in [9.17, 15) is 0 Å². The minimum Gasteiger partial charge on any atom is -0.330 e. The fourth-order valence-corrected chi connectivity index (χ4v) is 3.67. The molecule has 6 heteroatoms. The zero-order valence-electron chi connectivity index (χ0n) is 21.7. The summed E-state index contributed by atoms with van der Waals surface area (Å²) >= 11 is 0. The number of likely N-dealkylation sites (N-methyl/N-ethyl adjacent to an activating group) is 2. The van der Waals surface area contributed by atoms with Crippen LogP contribution < -0.4 is 32.3 Å². The van der Waals surface area contributed by atoms with Crippen molar-refractivity contribution >= 4 is 0 Å². The van der Waals surface area contributed by atoms with Crippen molar-refractivity contribution < 1.29 is 0 Å². The van der Waals surface area contributed by atoms with Crippen LogP contribution in [0.2, 0.25) is 0 Å². The molecule has 30 heavy (non-hydrogen) atoms. The molecule has 3 aliphatic rings. The van der Waals surface area contributed by atoms with Gasteiger partial charge < -0.3 is 32.3 Å². The predicted molar refractivity (Wildman–Crippen MR) is 134 cm³/mol. The van der Waals surface area contributed by atoms with Crippen molar-refractivity contribution in [3.63, 3.8) is 0 Å². The molecule has 3 aliphatic carbocycles. The van der Waals surface area contributed by atoms with Crippen LogP contribution in [0, 0.1) is 17.8 Å². The number of hydrogen-bond donors (Lipinski definition) is 6. The molecule has 0 spiro atoms. The second-order valence-corrected chi connectivity index (χ2v) is 10.1. The topological polar surface area (TPSA) is 86.2 Å². The van der Waals surface area contributed by atoms with Gasteiger partial charge >= 0.3 is 0 Å². The van der Waals surface area contributed by atoms with E-state index in [2.05, 4.69) is 61.3 Å². The van der Waals surface area contributed by atoms with E-state index in [0.717, 1.165) is 49.0 Å². The van der Waals surface area contributed by atoms with Gasteiger partial charge in [-0.1, -0.05) is 13.8 Å². The molecular weight excluding hydrogens is 372 g/mol. The zero-order valence-corrected chi connectivity index (χ0v) is 21.7. The molecule has 3 saturated carbocycles. The van der Waals surface area contributed by atoms with Gasteiger partial charge in [-0.2, -0.15) is 0 Å². The summed E-state index contributed by atoms with van der Waals surface area (Å²) < 4.78 is 0. The van der Waals surface area contributed by atoms with Crippen LogP contribution in [0.5, 0.6) is 0 Å². The molecule has 0 heterocycles. The molecular formula is C24H56N6. The Bertz CT molecular complexity index is 385. The Morgan fingerprint density at radius 2 is 1.33 bits per heavy atom. The normalized spacial score (nSPS) is 31.8. The van der Waals surface area contributed by atoms with Gasteiger partial charge in [-0.15, -0.1) is 0 Å². The van der Waals surface area contributed by atoms with Crippen LogP contribution in [-0.2, 0) is 0 Å². The van der Waals surface area contributed by atoms with Gasteiger partial charge in [0.05, 0.1) is 0 Å². The van der Waals surface area contributed by atoms with Crippen LogP contribution >= 0.6 is 0 Å². The summed E-state index contributed by atoms with van der Waals surface area (Å²) in [6, 6.07) is 2.41. The van der Waals surface area contributed by atoms with Crippen molar-refractivity contribution in [1.82, 2.24) is 26.6 Å². The number of nitrogens with two attached hydrogens (primary N) is 1. The lowest BCUT2D eigenvalue weighted by Crippen LogP contribution is -2.44. The van der Waals surface area contributed by atoms with Gasteiger partial charge in [-0.25, -0.2) is 0 Å². The van der Waals surface area contributed by atoms with E-state index < -0.39 is 0 Å². The van der Waals surface area contributed by atoms with Gasteiger partial charge in [0.1, 0.15) is 0 Å². The molecule has 0 radical (unpaired) electrons. The van der Waals surface area contributed by atoms with Gasteiger partial charge in [0.25, 0.3) is 0 Å². The molecule has 0 amide bonds. The molecule has 0 aromatic heterocycles.